The Hall–Kier alpha value is -2.28. The van der Waals surface area contributed by atoms with Gasteiger partial charge in [0.15, 0.2) is 6.10 Å². The number of methoxy groups -OCH3 is 1. The van der Waals surface area contributed by atoms with Crippen LogP contribution in [0.4, 0.5) is 18.9 Å². The lowest BCUT2D eigenvalue weighted by molar-refractivity contribution is -0.206. The van der Waals surface area contributed by atoms with E-state index in [0.717, 1.165) is 23.3 Å². The van der Waals surface area contributed by atoms with E-state index in [1.165, 1.54) is 43.5 Å². The lowest BCUT2D eigenvalue weighted by Crippen LogP contribution is -2.43. The highest BCUT2D eigenvalue weighted by molar-refractivity contribution is 9.10. The second kappa shape index (κ2) is 8.82. The third-order valence-electron chi connectivity index (χ3n) is 5.53. The van der Waals surface area contributed by atoms with Gasteiger partial charge in [0.2, 0.25) is 0 Å². The predicted octanol–water partition coefficient (Wildman–Crippen LogP) is 3.65. The average molecular weight is 548 g/mol. The first kappa shape index (κ1) is 23.9. The first-order chi connectivity index (χ1) is 15.5. The second-order valence-corrected chi connectivity index (χ2v) is 10.3. The first-order valence-corrected chi connectivity index (χ1v) is 12.2. The summed E-state index contributed by atoms with van der Waals surface area (Å²) in [5.74, 6) is 0.490. The standard InChI is InChI=1S/C21H21BrF3N3O4S/c1-32-19-5-3-14(11-18(19)27-8-6-26-7-9-27)33(30,31)28-12-16(20(29)21(23,24)25)15-4-2-13(22)10-17(15)28/h2-5,10-12,20,26,29H,6-9H2,1H3. The van der Waals surface area contributed by atoms with Crippen LogP contribution in [0.2, 0.25) is 0 Å². The largest absolute Gasteiger partial charge is 0.495 e. The van der Waals surface area contributed by atoms with E-state index >= 15 is 0 Å². The van der Waals surface area contributed by atoms with Crippen molar-refractivity contribution >= 4 is 42.5 Å². The Morgan fingerprint density at radius 1 is 1.15 bits per heavy atom. The fourth-order valence-electron chi connectivity index (χ4n) is 3.89. The molecule has 178 valence electrons. The van der Waals surface area contributed by atoms with Crippen molar-refractivity contribution in [1.29, 1.82) is 0 Å². The molecule has 0 radical (unpaired) electrons. The Bertz CT molecular complexity index is 1290. The maximum absolute atomic E-state index is 13.6. The van der Waals surface area contributed by atoms with E-state index < -0.39 is 27.9 Å². The van der Waals surface area contributed by atoms with Gasteiger partial charge in [0, 0.05) is 47.8 Å². The molecule has 3 aromatic rings. The maximum Gasteiger partial charge on any atom is 0.418 e. The molecule has 1 aromatic heterocycles. The van der Waals surface area contributed by atoms with Crippen LogP contribution in [-0.4, -0.2) is 57.0 Å². The van der Waals surface area contributed by atoms with Gasteiger partial charge in [-0.25, -0.2) is 12.4 Å². The molecule has 2 N–H and O–H groups in total. The Kier molecular flexibility index (Phi) is 6.38. The number of hydrogen-bond acceptors (Lipinski definition) is 6. The summed E-state index contributed by atoms with van der Waals surface area (Å²) in [7, 11) is -2.82. The first-order valence-electron chi connectivity index (χ1n) is 9.98. The van der Waals surface area contributed by atoms with Crippen molar-refractivity contribution in [2.45, 2.75) is 17.2 Å². The summed E-state index contributed by atoms with van der Waals surface area (Å²) < 4.78 is 73.7. The van der Waals surface area contributed by atoms with Crippen LogP contribution in [0.25, 0.3) is 10.9 Å². The van der Waals surface area contributed by atoms with Crippen LogP contribution >= 0.6 is 15.9 Å². The lowest BCUT2D eigenvalue weighted by atomic mass is 10.1. The zero-order chi connectivity index (χ0) is 24.0. The highest BCUT2D eigenvalue weighted by Gasteiger charge is 2.41. The molecule has 1 atom stereocenters. The number of alkyl halides is 3. The van der Waals surface area contributed by atoms with Gasteiger partial charge in [-0.05, 0) is 30.3 Å². The molecule has 12 heteroatoms. The fraction of sp³-hybridized carbons (Fsp3) is 0.333. The smallest absolute Gasteiger partial charge is 0.418 e. The van der Waals surface area contributed by atoms with Crippen LogP contribution in [0, 0.1) is 0 Å². The summed E-state index contributed by atoms with van der Waals surface area (Å²) >= 11 is 3.24. The highest BCUT2D eigenvalue weighted by Crippen LogP contribution is 2.39. The van der Waals surface area contributed by atoms with Crippen LogP contribution < -0.4 is 15.0 Å². The topological polar surface area (TPSA) is 83.8 Å². The van der Waals surface area contributed by atoms with Crippen LogP contribution in [-0.2, 0) is 10.0 Å². The third-order valence-corrected chi connectivity index (χ3v) is 7.70. The van der Waals surface area contributed by atoms with Crippen molar-refractivity contribution in [2.75, 3.05) is 38.2 Å². The van der Waals surface area contributed by atoms with Crippen LogP contribution in [0.5, 0.6) is 5.75 Å². The van der Waals surface area contributed by atoms with Crippen LogP contribution in [0.15, 0.2) is 52.0 Å². The molecule has 1 aliphatic heterocycles. The van der Waals surface area contributed by atoms with E-state index in [-0.39, 0.29) is 15.8 Å². The summed E-state index contributed by atoms with van der Waals surface area (Å²) in [6.07, 6.45) is -6.95. The van der Waals surface area contributed by atoms with E-state index in [4.69, 9.17) is 4.74 Å². The number of aliphatic hydroxyl groups is 1. The summed E-state index contributed by atoms with van der Waals surface area (Å²) in [6.45, 7) is 2.71. The van der Waals surface area contributed by atoms with E-state index in [0.29, 0.717) is 29.0 Å². The van der Waals surface area contributed by atoms with Gasteiger partial charge < -0.3 is 20.1 Å². The van der Waals surface area contributed by atoms with Gasteiger partial charge >= 0.3 is 6.18 Å². The Labute approximate surface area is 196 Å². The van der Waals surface area contributed by atoms with Gasteiger partial charge in [-0.15, -0.1) is 0 Å². The average Bonchev–Trinajstić information content (AvgIpc) is 3.17. The van der Waals surface area contributed by atoms with Gasteiger partial charge in [0.05, 0.1) is 23.2 Å². The summed E-state index contributed by atoms with van der Waals surface area (Å²) in [6, 6.07) is 8.57. The van der Waals surface area contributed by atoms with Crippen LogP contribution in [0.3, 0.4) is 0 Å². The number of fused-ring (bicyclic) bond motifs is 1. The zero-order valence-electron chi connectivity index (χ0n) is 17.4. The number of hydrogen-bond donors (Lipinski definition) is 2. The fourth-order valence-corrected chi connectivity index (χ4v) is 5.63. The number of halogens is 4. The number of nitrogens with one attached hydrogen (secondary N) is 1. The molecule has 1 aliphatic rings. The van der Waals surface area contributed by atoms with Crippen molar-refractivity contribution in [1.82, 2.24) is 9.29 Å². The van der Waals surface area contributed by atoms with Gasteiger partial charge in [0.1, 0.15) is 5.75 Å². The maximum atomic E-state index is 13.6. The molecule has 1 fully saturated rings. The van der Waals surface area contributed by atoms with Crippen molar-refractivity contribution in [3.63, 3.8) is 0 Å². The Balaban J connectivity index is 1.89. The summed E-state index contributed by atoms with van der Waals surface area (Å²) in [4.78, 5) is 1.87. The number of piperazine rings is 1. The highest BCUT2D eigenvalue weighted by atomic mass is 79.9. The number of benzene rings is 2. The minimum absolute atomic E-state index is 0.0116. The van der Waals surface area contributed by atoms with E-state index in [2.05, 4.69) is 21.2 Å². The van der Waals surface area contributed by atoms with Crippen molar-refractivity contribution < 1.29 is 31.4 Å². The van der Waals surface area contributed by atoms with E-state index in [1.54, 1.807) is 0 Å². The van der Waals surface area contributed by atoms with Gasteiger partial charge in [0.25, 0.3) is 10.0 Å². The number of aromatic nitrogens is 1. The van der Waals surface area contributed by atoms with Crippen LogP contribution in [0.1, 0.15) is 11.7 Å². The molecule has 0 saturated carbocycles. The molecule has 0 bridgehead atoms. The van der Waals surface area contributed by atoms with Gasteiger partial charge in [-0.1, -0.05) is 22.0 Å². The van der Waals surface area contributed by atoms with Gasteiger partial charge in [-0.2, -0.15) is 13.2 Å². The number of rotatable bonds is 5. The van der Waals surface area contributed by atoms with Crippen molar-refractivity contribution in [3.8, 4) is 5.75 Å². The monoisotopic (exact) mass is 547 g/mol. The van der Waals surface area contributed by atoms with E-state index in [9.17, 15) is 26.7 Å². The molecule has 2 aromatic carbocycles. The number of ether oxygens (including phenoxy) is 1. The van der Waals surface area contributed by atoms with Gasteiger partial charge in [-0.3, -0.25) is 0 Å². The van der Waals surface area contributed by atoms with Crippen molar-refractivity contribution in [2.24, 2.45) is 0 Å². The van der Waals surface area contributed by atoms with Crippen molar-refractivity contribution in [3.05, 3.63) is 52.6 Å². The molecule has 7 nitrogen and oxygen atoms in total. The molecule has 4 rings (SSSR count). The minimum Gasteiger partial charge on any atom is -0.495 e. The normalized spacial score (nSPS) is 16.2. The molecule has 1 unspecified atom stereocenters. The molecule has 33 heavy (non-hydrogen) atoms. The molecule has 0 aliphatic carbocycles. The molecule has 0 amide bonds. The molecular weight excluding hydrogens is 527 g/mol. The number of anilines is 1. The summed E-state index contributed by atoms with van der Waals surface area (Å²) in [5, 5.41) is 13.1. The Morgan fingerprint density at radius 3 is 2.48 bits per heavy atom. The lowest BCUT2D eigenvalue weighted by Gasteiger charge is -2.30. The molecular formula is C21H21BrF3N3O4S. The number of nitrogens with zero attached hydrogens (tertiary/aromatic N) is 2. The minimum atomic E-state index is -4.95. The second-order valence-electron chi connectivity index (χ2n) is 7.56. The quantitative estimate of drug-likeness (QED) is 0.507. The predicted molar refractivity (Wildman–Crippen MR) is 121 cm³/mol. The summed E-state index contributed by atoms with van der Waals surface area (Å²) in [5.41, 5.74) is 0.0555. The molecule has 1 saturated heterocycles. The Morgan fingerprint density at radius 2 is 1.85 bits per heavy atom. The number of aliphatic hydroxyl groups excluding tert-OH is 1. The SMILES string of the molecule is COc1ccc(S(=O)(=O)n2cc(C(O)C(F)(F)F)c3ccc(Br)cc32)cc1N1CCNCC1. The molecule has 0 spiro atoms. The molecule has 2 heterocycles. The van der Waals surface area contributed by atoms with E-state index in [1.807, 2.05) is 4.90 Å². The third kappa shape index (κ3) is 4.44. The zero-order valence-corrected chi connectivity index (χ0v) is 19.8.